The highest BCUT2D eigenvalue weighted by Gasteiger charge is 2.35. The molecule has 2 aromatic heterocycles. The van der Waals surface area contributed by atoms with E-state index in [-0.39, 0.29) is 12.0 Å². The Hall–Kier alpha value is -2.97. The molecule has 2 aliphatic heterocycles. The van der Waals surface area contributed by atoms with Gasteiger partial charge in [0.25, 0.3) is 5.91 Å². The molecule has 1 atom stereocenters. The summed E-state index contributed by atoms with van der Waals surface area (Å²) in [6.45, 7) is 3.12. The van der Waals surface area contributed by atoms with Gasteiger partial charge in [-0.25, -0.2) is 4.79 Å². The number of halogens is 1. The van der Waals surface area contributed by atoms with Crippen molar-refractivity contribution in [1.82, 2.24) is 10.2 Å². The van der Waals surface area contributed by atoms with Gasteiger partial charge in [0.1, 0.15) is 16.5 Å². The summed E-state index contributed by atoms with van der Waals surface area (Å²) in [4.78, 5) is 27.7. The average molecular weight is 458 g/mol. The zero-order valence-corrected chi connectivity index (χ0v) is 18.3. The standard InChI is InChI=1S/C22H20ClN3O4S/c1-2-29-22(28)26-10-9-14-17(11-26)31-21-18(14)20(27)24-19(25-21)16-8-7-15(30-16)12-3-5-13(23)6-4-12/h3-8,19,25H,2,9-11H2,1H3,(H,24,27)/t19-/m0/s1. The molecule has 0 bridgehead atoms. The van der Waals surface area contributed by atoms with Crippen molar-refractivity contribution in [2.24, 2.45) is 0 Å². The molecule has 4 heterocycles. The van der Waals surface area contributed by atoms with E-state index in [0.29, 0.717) is 48.2 Å². The topological polar surface area (TPSA) is 83.8 Å². The average Bonchev–Trinajstić information content (AvgIpc) is 3.39. The molecule has 2 aliphatic rings. The van der Waals surface area contributed by atoms with Crippen molar-refractivity contribution in [3.8, 4) is 11.3 Å². The van der Waals surface area contributed by atoms with Gasteiger partial charge in [0.2, 0.25) is 0 Å². The first-order valence-corrected chi connectivity index (χ1v) is 11.2. The second-order valence-corrected chi connectivity index (χ2v) is 8.88. The van der Waals surface area contributed by atoms with Gasteiger partial charge < -0.3 is 24.7 Å². The van der Waals surface area contributed by atoms with Crippen LogP contribution in [0.15, 0.2) is 40.8 Å². The fourth-order valence-electron chi connectivity index (χ4n) is 3.91. The minimum Gasteiger partial charge on any atom is -0.457 e. The number of anilines is 1. The smallest absolute Gasteiger partial charge is 0.410 e. The number of hydrogen-bond acceptors (Lipinski definition) is 6. The number of furan rings is 1. The predicted octanol–water partition coefficient (Wildman–Crippen LogP) is 5.03. The van der Waals surface area contributed by atoms with Gasteiger partial charge in [-0.05, 0) is 55.3 Å². The quantitative estimate of drug-likeness (QED) is 0.576. The van der Waals surface area contributed by atoms with E-state index in [0.717, 1.165) is 21.0 Å². The molecule has 0 unspecified atom stereocenters. The molecule has 1 aromatic carbocycles. The molecule has 9 heteroatoms. The third-order valence-corrected chi connectivity index (χ3v) is 6.80. The number of fused-ring (bicyclic) bond motifs is 3. The zero-order valence-electron chi connectivity index (χ0n) is 16.7. The third kappa shape index (κ3) is 3.66. The van der Waals surface area contributed by atoms with E-state index in [1.54, 1.807) is 11.8 Å². The van der Waals surface area contributed by atoms with Crippen molar-refractivity contribution in [3.63, 3.8) is 0 Å². The van der Waals surface area contributed by atoms with Crippen LogP contribution >= 0.6 is 22.9 Å². The fourth-order valence-corrected chi connectivity index (χ4v) is 5.32. The number of hydrogen-bond donors (Lipinski definition) is 2. The van der Waals surface area contributed by atoms with Crippen LogP contribution in [0, 0.1) is 0 Å². The number of carbonyl (C=O) groups is 2. The van der Waals surface area contributed by atoms with Gasteiger partial charge in [0.15, 0.2) is 6.17 Å². The Labute approximate surface area is 187 Å². The van der Waals surface area contributed by atoms with Crippen molar-refractivity contribution in [2.45, 2.75) is 26.1 Å². The van der Waals surface area contributed by atoms with Gasteiger partial charge >= 0.3 is 6.09 Å². The summed E-state index contributed by atoms with van der Waals surface area (Å²) in [5, 5.41) is 7.83. The first-order chi connectivity index (χ1) is 15.0. The van der Waals surface area contributed by atoms with Crippen molar-refractivity contribution in [1.29, 1.82) is 0 Å². The molecule has 160 valence electrons. The molecule has 5 rings (SSSR count). The summed E-state index contributed by atoms with van der Waals surface area (Å²) in [5.41, 5.74) is 2.58. The van der Waals surface area contributed by atoms with Crippen LogP contribution in [0.1, 0.15) is 39.6 Å². The van der Waals surface area contributed by atoms with Gasteiger partial charge in [-0.15, -0.1) is 11.3 Å². The van der Waals surface area contributed by atoms with Crippen LogP contribution in [0.2, 0.25) is 5.02 Å². The number of benzene rings is 1. The zero-order chi connectivity index (χ0) is 21.5. The number of amides is 2. The van der Waals surface area contributed by atoms with E-state index < -0.39 is 6.17 Å². The van der Waals surface area contributed by atoms with E-state index >= 15 is 0 Å². The fraction of sp³-hybridized carbons (Fsp3) is 0.273. The third-order valence-electron chi connectivity index (χ3n) is 5.40. The lowest BCUT2D eigenvalue weighted by atomic mass is 10.0. The highest BCUT2D eigenvalue weighted by atomic mass is 35.5. The monoisotopic (exact) mass is 457 g/mol. The van der Waals surface area contributed by atoms with Crippen LogP contribution in [-0.2, 0) is 17.7 Å². The summed E-state index contributed by atoms with van der Waals surface area (Å²) >= 11 is 7.47. The van der Waals surface area contributed by atoms with E-state index in [2.05, 4.69) is 10.6 Å². The highest BCUT2D eigenvalue weighted by molar-refractivity contribution is 7.16. The molecule has 0 saturated carbocycles. The Kier molecular flexibility index (Phi) is 5.11. The maximum Gasteiger partial charge on any atom is 0.410 e. The van der Waals surface area contributed by atoms with Gasteiger partial charge in [0.05, 0.1) is 18.7 Å². The van der Waals surface area contributed by atoms with E-state index in [9.17, 15) is 9.59 Å². The van der Waals surface area contributed by atoms with Crippen molar-refractivity contribution in [3.05, 3.63) is 63.2 Å². The van der Waals surface area contributed by atoms with E-state index in [4.69, 9.17) is 20.8 Å². The molecule has 0 aliphatic carbocycles. The SMILES string of the molecule is CCOC(=O)N1CCc2c(sc3c2C(=O)N[C@H](c2ccc(-c4ccc(Cl)cc4)o2)N3)C1. The first kappa shape index (κ1) is 20.0. The summed E-state index contributed by atoms with van der Waals surface area (Å²) in [6, 6.07) is 11.1. The molecular formula is C22H20ClN3O4S. The molecule has 0 fully saturated rings. The Morgan fingerprint density at radius 2 is 2.06 bits per heavy atom. The summed E-state index contributed by atoms with van der Waals surface area (Å²) in [7, 11) is 0. The molecule has 0 saturated heterocycles. The molecule has 31 heavy (non-hydrogen) atoms. The molecule has 2 N–H and O–H groups in total. The highest BCUT2D eigenvalue weighted by Crippen LogP contribution is 2.41. The summed E-state index contributed by atoms with van der Waals surface area (Å²) in [6.07, 6.45) is -0.163. The minimum atomic E-state index is -0.470. The minimum absolute atomic E-state index is 0.134. The number of carbonyl (C=O) groups excluding carboxylic acids is 2. The van der Waals surface area contributed by atoms with Crippen LogP contribution in [0.4, 0.5) is 9.80 Å². The number of nitrogens with one attached hydrogen (secondary N) is 2. The molecule has 7 nitrogen and oxygen atoms in total. The Balaban J connectivity index is 1.38. The maximum atomic E-state index is 12.9. The van der Waals surface area contributed by atoms with Crippen LogP contribution in [0.25, 0.3) is 11.3 Å². The largest absolute Gasteiger partial charge is 0.457 e. The first-order valence-electron chi connectivity index (χ1n) is 10.0. The number of thiophene rings is 1. The lowest BCUT2D eigenvalue weighted by Crippen LogP contribution is -2.39. The van der Waals surface area contributed by atoms with Crippen molar-refractivity contribution < 1.29 is 18.7 Å². The second-order valence-electron chi connectivity index (χ2n) is 7.34. The van der Waals surface area contributed by atoms with Crippen molar-refractivity contribution in [2.75, 3.05) is 18.5 Å². The van der Waals surface area contributed by atoms with E-state index in [1.807, 2.05) is 36.4 Å². The van der Waals surface area contributed by atoms with Crippen molar-refractivity contribution >= 4 is 39.9 Å². The van der Waals surface area contributed by atoms with Crippen LogP contribution in [0.5, 0.6) is 0 Å². The van der Waals surface area contributed by atoms with Crippen LogP contribution in [-0.4, -0.2) is 30.1 Å². The van der Waals surface area contributed by atoms with Gasteiger partial charge in [0, 0.05) is 22.0 Å². The van der Waals surface area contributed by atoms with Gasteiger partial charge in [-0.3, -0.25) is 4.79 Å². The summed E-state index contributed by atoms with van der Waals surface area (Å²) < 4.78 is 11.1. The number of rotatable bonds is 3. The molecule has 3 aromatic rings. The Morgan fingerprint density at radius 1 is 1.26 bits per heavy atom. The molecule has 0 radical (unpaired) electrons. The summed E-state index contributed by atoms with van der Waals surface area (Å²) in [5.74, 6) is 1.18. The van der Waals surface area contributed by atoms with Crippen LogP contribution in [0.3, 0.4) is 0 Å². The lowest BCUT2D eigenvalue weighted by molar-refractivity contribution is 0.0929. The molecule has 2 amide bonds. The Morgan fingerprint density at radius 3 is 2.84 bits per heavy atom. The normalized spacial score (nSPS) is 17.4. The van der Waals surface area contributed by atoms with Gasteiger partial charge in [-0.2, -0.15) is 0 Å². The van der Waals surface area contributed by atoms with E-state index in [1.165, 1.54) is 11.3 Å². The predicted molar refractivity (Wildman–Crippen MR) is 118 cm³/mol. The van der Waals surface area contributed by atoms with Gasteiger partial charge in [-0.1, -0.05) is 11.6 Å². The maximum absolute atomic E-state index is 12.9. The second kappa shape index (κ2) is 7.94. The Bertz CT molecular complexity index is 1150. The molecule has 0 spiro atoms. The number of ether oxygens (including phenoxy) is 1. The van der Waals surface area contributed by atoms with Crippen LogP contribution < -0.4 is 10.6 Å². The number of nitrogens with zero attached hydrogens (tertiary/aromatic N) is 1. The lowest BCUT2D eigenvalue weighted by Gasteiger charge is -2.27. The molecular weight excluding hydrogens is 438 g/mol.